The summed E-state index contributed by atoms with van der Waals surface area (Å²) in [5.74, 6) is 1.71. The number of likely N-dealkylation sites (tertiary alicyclic amines) is 1. The molecule has 0 atom stereocenters. The fourth-order valence-corrected chi connectivity index (χ4v) is 3.76. The summed E-state index contributed by atoms with van der Waals surface area (Å²) in [6, 6.07) is 9.36. The maximum absolute atomic E-state index is 12.5. The smallest absolute Gasteiger partial charge is 0.257 e. The van der Waals surface area contributed by atoms with Crippen molar-refractivity contribution in [2.24, 2.45) is 0 Å². The Hall–Kier alpha value is -2.61. The molecule has 0 N–H and O–H groups in total. The van der Waals surface area contributed by atoms with E-state index in [1.165, 1.54) is 11.8 Å². The van der Waals surface area contributed by atoms with Gasteiger partial charge < -0.3 is 14.1 Å². The van der Waals surface area contributed by atoms with E-state index in [-0.39, 0.29) is 12.0 Å². The molecule has 1 saturated heterocycles. The van der Waals surface area contributed by atoms with Gasteiger partial charge in [-0.1, -0.05) is 23.9 Å². The van der Waals surface area contributed by atoms with E-state index in [9.17, 15) is 4.79 Å². The second-order valence-corrected chi connectivity index (χ2v) is 7.30. The van der Waals surface area contributed by atoms with Gasteiger partial charge in [0.05, 0.1) is 5.75 Å². The topological polar surface area (TPSA) is 81.4 Å². The molecule has 1 amide bonds. The summed E-state index contributed by atoms with van der Waals surface area (Å²) in [4.78, 5) is 27.1. The van der Waals surface area contributed by atoms with Crippen molar-refractivity contribution in [3.05, 3.63) is 42.4 Å². The third-order valence-corrected chi connectivity index (χ3v) is 5.24. The van der Waals surface area contributed by atoms with Crippen LogP contribution in [0.15, 0.2) is 46.2 Å². The van der Waals surface area contributed by atoms with E-state index in [1.54, 1.807) is 12.3 Å². The van der Waals surface area contributed by atoms with E-state index in [0.717, 1.165) is 23.9 Å². The average molecular weight is 384 g/mol. The highest BCUT2D eigenvalue weighted by Gasteiger charge is 2.24. The van der Waals surface area contributed by atoms with Crippen molar-refractivity contribution >= 4 is 28.8 Å². The molecular weight excluding hydrogens is 364 g/mol. The maximum atomic E-state index is 12.5. The Bertz CT molecular complexity index is 904. The minimum atomic E-state index is 0.0769. The molecule has 0 aliphatic carbocycles. The molecule has 8 heteroatoms. The van der Waals surface area contributed by atoms with Crippen molar-refractivity contribution in [3.63, 3.8) is 0 Å². The Morgan fingerprint density at radius 3 is 2.85 bits per heavy atom. The van der Waals surface area contributed by atoms with Gasteiger partial charge in [0.25, 0.3) is 5.22 Å². The molecule has 0 radical (unpaired) electrons. The number of amides is 1. The van der Waals surface area contributed by atoms with Crippen molar-refractivity contribution in [1.29, 1.82) is 0 Å². The van der Waals surface area contributed by atoms with Crippen LogP contribution >= 0.6 is 11.8 Å². The third-order valence-electron chi connectivity index (χ3n) is 4.43. The summed E-state index contributed by atoms with van der Waals surface area (Å²) < 4.78 is 11.6. The highest BCUT2D eigenvalue weighted by atomic mass is 32.2. The van der Waals surface area contributed by atoms with E-state index < -0.39 is 0 Å². The molecule has 0 spiro atoms. The lowest BCUT2D eigenvalue weighted by molar-refractivity contribution is -0.130. The molecule has 1 aromatic carbocycles. The minimum Gasteiger partial charge on any atom is -0.474 e. The van der Waals surface area contributed by atoms with Crippen LogP contribution in [0, 0.1) is 6.92 Å². The van der Waals surface area contributed by atoms with E-state index in [0.29, 0.717) is 35.8 Å². The minimum absolute atomic E-state index is 0.0769. The highest BCUT2D eigenvalue weighted by Crippen LogP contribution is 2.24. The number of hydrogen-bond donors (Lipinski definition) is 0. The summed E-state index contributed by atoms with van der Waals surface area (Å²) in [7, 11) is 0. The van der Waals surface area contributed by atoms with Crippen LogP contribution < -0.4 is 4.74 Å². The van der Waals surface area contributed by atoms with Gasteiger partial charge in [0.15, 0.2) is 5.58 Å². The lowest BCUT2D eigenvalue weighted by Crippen LogP contribution is -2.42. The van der Waals surface area contributed by atoms with Crippen LogP contribution in [0.1, 0.15) is 18.7 Å². The third kappa shape index (κ3) is 4.39. The fraction of sp³-hybridized carbons (Fsp3) is 0.368. The van der Waals surface area contributed by atoms with Gasteiger partial charge >= 0.3 is 0 Å². The SMILES string of the molecule is Cc1nccc(OC2CCN(C(=O)CSc3nc4ccccc4o3)CC2)n1. The number of thioether (sulfide) groups is 1. The number of benzene rings is 1. The summed E-state index contributed by atoms with van der Waals surface area (Å²) in [5.41, 5.74) is 1.55. The molecule has 0 bridgehead atoms. The molecule has 2 aromatic heterocycles. The van der Waals surface area contributed by atoms with Crippen LogP contribution in [-0.4, -0.2) is 50.7 Å². The summed E-state index contributed by atoms with van der Waals surface area (Å²) >= 11 is 1.34. The molecule has 140 valence electrons. The number of piperidine rings is 1. The predicted octanol–water partition coefficient (Wildman–Crippen LogP) is 3.09. The van der Waals surface area contributed by atoms with E-state index in [2.05, 4.69) is 15.0 Å². The monoisotopic (exact) mass is 384 g/mol. The number of hydrogen-bond acceptors (Lipinski definition) is 7. The molecule has 3 heterocycles. The van der Waals surface area contributed by atoms with Crippen LogP contribution in [-0.2, 0) is 4.79 Å². The van der Waals surface area contributed by atoms with Gasteiger partial charge in [-0.3, -0.25) is 4.79 Å². The zero-order chi connectivity index (χ0) is 18.6. The first-order valence-corrected chi connectivity index (χ1v) is 9.88. The lowest BCUT2D eigenvalue weighted by Gasteiger charge is -2.31. The maximum Gasteiger partial charge on any atom is 0.257 e. The number of fused-ring (bicyclic) bond motifs is 1. The standard InChI is InChI=1S/C19H20N4O3S/c1-13-20-9-6-17(21-13)25-14-7-10-23(11-8-14)18(24)12-27-19-22-15-4-2-3-5-16(15)26-19/h2-6,9,14H,7-8,10-12H2,1H3. The van der Waals surface area contributed by atoms with Crippen LogP contribution in [0.2, 0.25) is 0 Å². The Balaban J connectivity index is 1.25. The summed E-state index contributed by atoms with van der Waals surface area (Å²) in [6.07, 6.45) is 3.36. The van der Waals surface area contributed by atoms with Gasteiger partial charge in [0.1, 0.15) is 17.4 Å². The molecule has 1 aliphatic rings. The number of ether oxygens (including phenoxy) is 1. The van der Waals surface area contributed by atoms with Gasteiger partial charge in [0.2, 0.25) is 11.8 Å². The lowest BCUT2D eigenvalue weighted by atomic mass is 10.1. The zero-order valence-corrected chi connectivity index (χ0v) is 15.8. The first kappa shape index (κ1) is 17.8. The molecule has 0 saturated carbocycles. The molecule has 27 heavy (non-hydrogen) atoms. The Labute approximate surface area is 161 Å². The molecular formula is C19H20N4O3S. The van der Waals surface area contributed by atoms with Gasteiger partial charge in [0, 0.05) is 38.2 Å². The Kier molecular flexibility index (Phi) is 5.24. The van der Waals surface area contributed by atoms with Gasteiger partial charge in [-0.2, -0.15) is 4.98 Å². The second-order valence-electron chi connectivity index (χ2n) is 6.38. The number of aromatic nitrogens is 3. The summed E-state index contributed by atoms with van der Waals surface area (Å²) in [6.45, 7) is 3.20. The second kappa shape index (κ2) is 7.96. The quantitative estimate of drug-likeness (QED) is 0.625. The van der Waals surface area contributed by atoms with Gasteiger partial charge in [-0.25, -0.2) is 9.97 Å². The first-order valence-electron chi connectivity index (χ1n) is 8.90. The number of rotatable bonds is 5. The molecule has 1 fully saturated rings. The number of carbonyl (C=O) groups excluding carboxylic acids is 1. The first-order chi connectivity index (χ1) is 13.2. The van der Waals surface area contributed by atoms with E-state index >= 15 is 0 Å². The van der Waals surface area contributed by atoms with Crippen molar-refractivity contribution < 1.29 is 13.9 Å². The average Bonchev–Trinajstić information content (AvgIpc) is 3.10. The Morgan fingerprint density at radius 2 is 2.07 bits per heavy atom. The molecule has 1 aliphatic heterocycles. The highest BCUT2D eigenvalue weighted by molar-refractivity contribution is 7.99. The number of oxazole rings is 1. The fourth-order valence-electron chi connectivity index (χ4n) is 3.02. The van der Waals surface area contributed by atoms with Crippen LogP contribution in [0.4, 0.5) is 0 Å². The van der Waals surface area contributed by atoms with Crippen LogP contribution in [0.3, 0.4) is 0 Å². The number of para-hydroxylation sites is 2. The molecule has 7 nitrogen and oxygen atoms in total. The predicted molar refractivity (Wildman–Crippen MR) is 102 cm³/mol. The van der Waals surface area contributed by atoms with Crippen LogP contribution in [0.5, 0.6) is 5.88 Å². The molecule has 3 aromatic rings. The number of carbonyl (C=O) groups is 1. The van der Waals surface area contributed by atoms with Crippen molar-refractivity contribution in [1.82, 2.24) is 19.9 Å². The van der Waals surface area contributed by atoms with Crippen LogP contribution in [0.25, 0.3) is 11.1 Å². The van der Waals surface area contributed by atoms with Crippen molar-refractivity contribution in [2.45, 2.75) is 31.1 Å². The van der Waals surface area contributed by atoms with Crippen molar-refractivity contribution in [2.75, 3.05) is 18.8 Å². The molecule has 4 rings (SSSR count). The largest absolute Gasteiger partial charge is 0.474 e. The summed E-state index contributed by atoms with van der Waals surface area (Å²) in [5, 5.41) is 0.530. The Morgan fingerprint density at radius 1 is 1.26 bits per heavy atom. The van der Waals surface area contributed by atoms with Gasteiger partial charge in [-0.15, -0.1) is 0 Å². The molecule has 0 unspecified atom stereocenters. The van der Waals surface area contributed by atoms with Crippen molar-refractivity contribution in [3.8, 4) is 5.88 Å². The van der Waals surface area contributed by atoms with Gasteiger partial charge in [-0.05, 0) is 19.1 Å². The number of nitrogens with zero attached hydrogens (tertiary/aromatic N) is 4. The zero-order valence-electron chi connectivity index (χ0n) is 15.0. The number of aryl methyl sites for hydroxylation is 1. The van der Waals surface area contributed by atoms with E-state index in [1.807, 2.05) is 36.1 Å². The van der Waals surface area contributed by atoms with E-state index in [4.69, 9.17) is 9.15 Å². The normalized spacial score (nSPS) is 15.2.